The fourth-order valence-electron chi connectivity index (χ4n) is 0.308. The first-order valence-corrected chi connectivity index (χ1v) is 1.75. The van der Waals surface area contributed by atoms with Crippen LogP contribution in [0, 0.1) is 6.20 Å². The molecule has 0 saturated heterocycles. The van der Waals surface area contributed by atoms with E-state index in [0.29, 0.717) is 0 Å². The molecule has 0 saturated carbocycles. The van der Waals surface area contributed by atoms with E-state index in [2.05, 4.69) is 11.3 Å². The molecule has 2 heteroatoms. The number of nitrogens with zero attached hydrogens (tertiary/aromatic N) is 2. The van der Waals surface area contributed by atoms with Crippen molar-refractivity contribution in [1.82, 2.24) is 9.78 Å². The van der Waals surface area contributed by atoms with E-state index in [1.807, 2.05) is 7.05 Å². The fraction of sp³-hybridized carbons (Fsp3) is 0.250. The van der Waals surface area contributed by atoms with E-state index < -0.39 is 0 Å². The van der Waals surface area contributed by atoms with E-state index in [4.69, 9.17) is 0 Å². The summed E-state index contributed by atoms with van der Waals surface area (Å²) in [7, 11) is 1.83. The minimum absolute atomic E-state index is 1.62. The quantitative estimate of drug-likeness (QED) is 0.437. The zero-order chi connectivity index (χ0) is 4.41. The molecule has 1 heterocycles. The van der Waals surface area contributed by atoms with Crippen molar-refractivity contribution in [1.29, 1.82) is 0 Å². The standard InChI is InChI=1S/C4H5N2/c1-6-4-2-3-5-6/h2-3H,1H3. The van der Waals surface area contributed by atoms with Gasteiger partial charge in [0.2, 0.25) is 0 Å². The van der Waals surface area contributed by atoms with Crippen LogP contribution in [-0.4, -0.2) is 9.78 Å². The Morgan fingerprint density at radius 3 is 2.83 bits per heavy atom. The van der Waals surface area contributed by atoms with Crippen LogP contribution in [0.2, 0.25) is 0 Å². The highest BCUT2D eigenvalue weighted by Crippen LogP contribution is 1.71. The molecular formula is C4H5N2. The van der Waals surface area contributed by atoms with Gasteiger partial charge in [-0.1, -0.05) is 0 Å². The first-order chi connectivity index (χ1) is 2.89. The minimum Gasteiger partial charge on any atom is -0.266 e. The van der Waals surface area contributed by atoms with Crippen LogP contribution in [0.5, 0.6) is 0 Å². The molecule has 0 bridgehead atoms. The molecule has 0 aliphatic heterocycles. The maximum Gasteiger partial charge on any atom is 0.0859 e. The highest BCUT2D eigenvalue weighted by molar-refractivity contribution is 4.72. The molecule has 0 aliphatic carbocycles. The number of aromatic nitrogens is 2. The smallest absolute Gasteiger partial charge is 0.0859 e. The molecular weight excluding hydrogens is 76.1 g/mol. The molecule has 1 aromatic heterocycles. The van der Waals surface area contributed by atoms with Crippen LogP contribution in [0.15, 0.2) is 12.3 Å². The van der Waals surface area contributed by atoms with Gasteiger partial charge in [-0.25, -0.2) is 0 Å². The second-order valence-corrected chi connectivity index (χ2v) is 1.08. The van der Waals surface area contributed by atoms with Crippen LogP contribution in [-0.2, 0) is 7.05 Å². The van der Waals surface area contributed by atoms with E-state index >= 15 is 0 Å². The zero-order valence-electron chi connectivity index (χ0n) is 3.55. The number of hydrogen-bond donors (Lipinski definition) is 0. The number of aryl methyl sites for hydroxylation is 1. The summed E-state index contributed by atoms with van der Waals surface area (Å²) in [4.78, 5) is 0. The number of rotatable bonds is 0. The third-order valence-electron chi connectivity index (χ3n) is 0.576. The molecule has 0 amide bonds. The Labute approximate surface area is 36.4 Å². The maximum absolute atomic E-state index is 3.78. The molecule has 31 valence electrons. The second kappa shape index (κ2) is 1.12. The average Bonchev–Trinajstić information content (AvgIpc) is 1.86. The van der Waals surface area contributed by atoms with Gasteiger partial charge in [-0.3, -0.25) is 4.68 Å². The summed E-state index contributed by atoms with van der Waals surface area (Å²) >= 11 is 0. The molecule has 0 spiro atoms. The van der Waals surface area contributed by atoms with E-state index in [9.17, 15) is 0 Å². The summed E-state index contributed by atoms with van der Waals surface area (Å²) in [6.07, 6.45) is 4.50. The van der Waals surface area contributed by atoms with Gasteiger partial charge in [0.1, 0.15) is 0 Å². The Kier molecular flexibility index (Phi) is 0.638. The highest BCUT2D eigenvalue weighted by Gasteiger charge is 1.71. The van der Waals surface area contributed by atoms with Gasteiger partial charge in [0.25, 0.3) is 0 Å². The predicted molar refractivity (Wildman–Crippen MR) is 22.0 cm³/mol. The first kappa shape index (κ1) is 3.40. The first-order valence-electron chi connectivity index (χ1n) is 1.75. The van der Waals surface area contributed by atoms with Gasteiger partial charge in [0, 0.05) is 13.2 Å². The lowest BCUT2D eigenvalue weighted by Gasteiger charge is -1.75. The second-order valence-electron chi connectivity index (χ2n) is 1.08. The topological polar surface area (TPSA) is 17.8 Å². The van der Waals surface area contributed by atoms with Crippen LogP contribution in [0.25, 0.3) is 0 Å². The van der Waals surface area contributed by atoms with Gasteiger partial charge in [-0.05, 0) is 6.07 Å². The summed E-state index contributed by atoms with van der Waals surface area (Å²) in [5.41, 5.74) is 0. The largest absolute Gasteiger partial charge is 0.266 e. The van der Waals surface area contributed by atoms with Crippen molar-refractivity contribution in [2.24, 2.45) is 7.05 Å². The van der Waals surface area contributed by atoms with Crippen LogP contribution < -0.4 is 0 Å². The molecule has 6 heavy (non-hydrogen) atoms. The van der Waals surface area contributed by atoms with Crippen LogP contribution >= 0.6 is 0 Å². The molecule has 0 fully saturated rings. The molecule has 1 aromatic rings. The summed E-state index contributed by atoms with van der Waals surface area (Å²) in [5, 5.41) is 3.78. The van der Waals surface area contributed by atoms with Crippen molar-refractivity contribution < 1.29 is 0 Å². The van der Waals surface area contributed by atoms with Crippen molar-refractivity contribution in [3.8, 4) is 0 Å². The lowest BCUT2D eigenvalue weighted by molar-refractivity contribution is 0.761. The lowest BCUT2D eigenvalue weighted by atomic mass is 10.8. The van der Waals surface area contributed by atoms with Crippen molar-refractivity contribution in [2.75, 3.05) is 0 Å². The minimum atomic E-state index is 1.62. The maximum atomic E-state index is 3.78. The zero-order valence-corrected chi connectivity index (χ0v) is 3.55. The van der Waals surface area contributed by atoms with E-state index in [-0.39, 0.29) is 0 Å². The molecule has 0 atom stereocenters. The Morgan fingerprint density at radius 2 is 2.67 bits per heavy atom. The summed E-state index contributed by atoms with van der Waals surface area (Å²) in [6.45, 7) is 0. The monoisotopic (exact) mass is 81.0 g/mol. The molecule has 0 aliphatic rings. The summed E-state index contributed by atoms with van der Waals surface area (Å²) in [5.74, 6) is 0. The molecule has 0 N–H and O–H groups in total. The third kappa shape index (κ3) is 0.407. The van der Waals surface area contributed by atoms with Crippen molar-refractivity contribution >= 4 is 0 Å². The molecule has 1 rings (SSSR count). The van der Waals surface area contributed by atoms with Gasteiger partial charge in [0.05, 0.1) is 6.20 Å². The Balaban J connectivity index is 3.05. The molecule has 1 radical (unpaired) electrons. The summed E-state index contributed by atoms with van der Waals surface area (Å²) in [6, 6.07) is 1.76. The highest BCUT2D eigenvalue weighted by atomic mass is 15.2. The lowest BCUT2D eigenvalue weighted by Crippen LogP contribution is -1.84. The van der Waals surface area contributed by atoms with Gasteiger partial charge < -0.3 is 0 Å². The SMILES string of the molecule is Cn1[c]ccn1. The van der Waals surface area contributed by atoms with E-state index in [0.717, 1.165) is 0 Å². The number of hydrogen-bond acceptors (Lipinski definition) is 1. The molecule has 2 nitrogen and oxygen atoms in total. The van der Waals surface area contributed by atoms with Gasteiger partial charge in [0.15, 0.2) is 0 Å². The third-order valence-corrected chi connectivity index (χ3v) is 0.576. The van der Waals surface area contributed by atoms with Crippen LogP contribution in [0.4, 0.5) is 0 Å². The normalized spacial score (nSPS) is 8.83. The van der Waals surface area contributed by atoms with Crippen molar-refractivity contribution in [3.63, 3.8) is 0 Å². The Bertz CT molecular complexity index is 109. The van der Waals surface area contributed by atoms with E-state index in [1.54, 1.807) is 16.9 Å². The van der Waals surface area contributed by atoms with Crippen molar-refractivity contribution in [2.45, 2.75) is 0 Å². The predicted octanol–water partition coefficient (Wildman–Crippen LogP) is 0.220. The fourth-order valence-corrected chi connectivity index (χ4v) is 0.308. The van der Waals surface area contributed by atoms with E-state index in [1.165, 1.54) is 0 Å². The van der Waals surface area contributed by atoms with Gasteiger partial charge in [-0.15, -0.1) is 0 Å². The van der Waals surface area contributed by atoms with Crippen LogP contribution in [0.3, 0.4) is 0 Å². The Hall–Kier alpha value is -0.790. The Morgan fingerprint density at radius 1 is 1.83 bits per heavy atom. The summed E-state index contributed by atoms with van der Waals surface area (Å²) < 4.78 is 1.62. The van der Waals surface area contributed by atoms with Crippen molar-refractivity contribution in [3.05, 3.63) is 18.5 Å². The molecule has 0 unspecified atom stereocenters. The van der Waals surface area contributed by atoms with Gasteiger partial charge >= 0.3 is 0 Å². The molecule has 0 aromatic carbocycles. The average molecular weight is 81.1 g/mol. The van der Waals surface area contributed by atoms with Crippen LogP contribution in [0.1, 0.15) is 0 Å². The van der Waals surface area contributed by atoms with Gasteiger partial charge in [-0.2, -0.15) is 5.10 Å².